The van der Waals surface area contributed by atoms with E-state index in [0.29, 0.717) is 30.4 Å². The van der Waals surface area contributed by atoms with Gasteiger partial charge in [-0.2, -0.15) is 4.98 Å². The van der Waals surface area contributed by atoms with Crippen LogP contribution in [0.25, 0.3) is 0 Å². The van der Waals surface area contributed by atoms with Crippen molar-refractivity contribution in [2.24, 2.45) is 0 Å². The predicted molar refractivity (Wildman–Crippen MR) is 103 cm³/mol. The first-order chi connectivity index (χ1) is 13.4. The third kappa shape index (κ3) is 5.63. The topological polar surface area (TPSA) is 91.6 Å². The molecular formula is C20H27N5O3. The van der Waals surface area contributed by atoms with Crippen molar-refractivity contribution in [1.82, 2.24) is 25.3 Å². The number of carbonyl (C=O) groups excluding carboxylic acids is 2. The minimum Gasteiger partial charge on any atom is -0.353 e. The van der Waals surface area contributed by atoms with Gasteiger partial charge in [-0.05, 0) is 45.9 Å². The number of benzene rings is 1. The summed E-state index contributed by atoms with van der Waals surface area (Å²) >= 11 is 0. The molecule has 0 unspecified atom stereocenters. The van der Waals surface area contributed by atoms with Crippen molar-refractivity contribution in [3.8, 4) is 0 Å². The van der Waals surface area contributed by atoms with Crippen LogP contribution >= 0.6 is 0 Å². The van der Waals surface area contributed by atoms with Crippen molar-refractivity contribution in [2.75, 3.05) is 13.6 Å². The molecule has 0 aliphatic heterocycles. The highest BCUT2D eigenvalue weighted by atomic mass is 16.5. The lowest BCUT2D eigenvalue weighted by atomic mass is 10.2. The van der Waals surface area contributed by atoms with Gasteiger partial charge >= 0.3 is 0 Å². The average molecular weight is 385 g/mol. The molecule has 1 aromatic heterocycles. The SMILES string of the molecule is CC(C)NC(=O)CN(C)Cc1nc(CN(C(=O)c2ccccc2)C2CC2)no1. The summed E-state index contributed by atoms with van der Waals surface area (Å²) in [5.74, 6) is 0.839. The van der Waals surface area contributed by atoms with Gasteiger partial charge in [0.15, 0.2) is 5.82 Å². The Morgan fingerprint density at radius 1 is 1.21 bits per heavy atom. The summed E-state index contributed by atoms with van der Waals surface area (Å²) in [6.07, 6.45) is 1.99. The van der Waals surface area contributed by atoms with E-state index in [2.05, 4.69) is 15.5 Å². The number of aromatic nitrogens is 2. The summed E-state index contributed by atoms with van der Waals surface area (Å²) in [5, 5.41) is 6.86. The van der Waals surface area contributed by atoms with Crippen LogP contribution in [0.1, 0.15) is 48.8 Å². The molecule has 0 spiro atoms. The van der Waals surface area contributed by atoms with Gasteiger partial charge in [0.1, 0.15) is 0 Å². The Balaban J connectivity index is 1.58. The Morgan fingerprint density at radius 2 is 1.93 bits per heavy atom. The highest BCUT2D eigenvalue weighted by Crippen LogP contribution is 2.29. The van der Waals surface area contributed by atoms with Crippen molar-refractivity contribution in [2.45, 2.75) is 51.9 Å². The van der Waals surface area contributed by atoms with Crippen LogP contribution < -0.4 is 5.32 Å². The molecule has 0 saturated heterocycles. The normalized spacial score (nSPS) is 13.8. The van der Waals surface area contributed by atoms with Crippen LogP contribution in [0.3, 0.4) is 0 Å². The fourth-order valence-corrected chi connectivity index (χ4v) is 2.97. The second-order valence-corrected chi connectivity index (χ2v) is 7.53. The second-order valence-electron chi connectivity index (χ2n) is 7.53. The van der Waals surface area contributed by atoms with Gasteiger partial charge < -0.3 is 14.7 Å². The summed E-state index contributed by atoms with van der Waals surface area (Å²) in [7, 11) is 1.82. The van der Waals surface area contributed by atoms with E-state index in [4.69, 9.17) is 4.52 Å². The van der Waals surface area contributed by atoms with Crippen molar-refractivity contribution >= 4 is 11.8 Å². The number of amides is 2. The van der Waals surface area contributed by atoms with Gasteiger partial charge in [-0.1, -0.05) is 23.4 Å². The number of hydrogen-bond acceptors (Lipinski definition) is 6. The van der Waals surface area contributed by atoms with Gasteiger partial charge in [0, 0.05) is 17.6 Å². The van der Waals surface area contributed by atoms with Crippen LogP contribution in [0.2, 0.25) is 0 Å². The molecule has 1 heterocycles. The lowest BCUT2D eigenvalue weighted by Crippen LogP contribution is -2.38. The van der Waals surface area contributed by atoms with Crippen LogP contribution in [-0.2, 0) is 17.9 Å². The average Bonchev–Trinajstić information content (AvgIpc) is 3.39. The second kappa shape index (κ2) is 8.97. The van der Waals surface area contributed by atoms with E-state index in [0.717, 1.165) is 12.8 Å². The van der Waals surface area contributed by atoms with Crippen molar-refractivity contribution in [3.63, 3.8) is 0 Å². The monoisotopic (exact) mass is 385 g/mol. The number of nitrogens with zero attached hydrogens (tertiary/aromatic N) is 4. The summed E-state index contributed by atoms with van der Waals surface area (Å²) in [6.45, 7) is 4.78. The van der Waals surface area contributed by atoms with Gasteiger partial charge in [-0.3, -0.25) is 14.5 Å². The van der Waals surface area contributed by atoms with Crippen molar-refractivity contribution in [3.05, 3.63) is 47.6 Å². The predicted octanol–water partition coefficient (Wildman–Crippen LogP) is 1.83. The quantitative estimate of drug-likeness (QED) is 0.708. The minimum absolute atomic E-state index is 0.0167. The Kier molecular flexibility index (Phi) is 6.41. The van der Waals surface area contributed by atoms with Gasteiger partial charge in [0.25, 0.3) is 5.91 Å². The molecule has 1 aromatic carbocycles. The Hall–Kier alpha value is -2.74. The standard InChI is InChI=1S/C20H27N5O3/c1-14(2)21-18(26)12-24(3)13-19-22-17(23-28-19)11-25(16-9-10-16)20(27)15-7-5-4-6-8-15/h4-8,14,16H,9-13H2,1-3H3,(H,21,26). The number of nitrogens with one attached hydrogen (secondary N) is 1. The zero-order valence-corrected chi connectivity index (χ0v) is 16.6. The molecule has 2 aromatic rings. The molecule has 0 radical (unpaired) electrons. The van der Waals surface area contributed by atoms with Crippen molar-refractivity contribution < 1.29 is 14.1 Å². The number of carbonyl (C=O) groups is 2. The van der Waals surface area contributed by atoms with E-state index < -0.39 is 0 Å². The fourth-order valence-electron chi connectivity index (χ4n) is 2.97. The molecule has 0 atom stereocenters. The van der Waals surface area contributed by atoms with Crippen LogP contribution in [0.5, 0.6) is 0 Å². The molecular weight excluding hydrogens is 358 g/mol. The number of likely N-dealkylation sites (N-methyl/N-ethyl adjacent to an activating group) is 1. The molecule has 28 heavy (non-hydrogen) atoms. The zero-order valence-electron chi connectivity index (χ0n) is 16.6. The molecule has 8 heteroatoms. The molecule has 1 aliphatic carbocycles. The van der Waals surface area contributed by atoms with E-state index >= 15 is 0 Å². The van der Waals surface area contributed by atoms with E-state index in [1.807, 2.05) is 61.0 Å². The van der Waals surface area contributed by atoms with E-state index in [1.54, 1.807) is 0 Å². The first kappa shape index (κ1) is 20.0. The van der Waals surface area contributed by atoms with E-state index in [9.17, 15) is 9.59 Å². The third-order valence-corrected chi connectivity index (χ3v) is 4.36. The van der Waals surface area contributed by atoms with Gasteiger partial charge in [0.05, 0.1) is 19.6 Å². The lowest BCUT2D eigenvalue weighted by Gasteiger charge is -2.20. The smallest absolute Gasteiger partial charge is 0.254 e. The number of rotatable bonds is 9. The molecule has 8 nitrogen and oxygen atoms in total. The molecule has 2 amide bonds. The fraction of sp³-hybridized carbons (Fsp3) is 0.500. The van der Waals surface area contributed by atoms with Gasteiger partial charge in [-0.25, -0.2) is 0 Å². The largest absolute Gasteiger partial charge is 0.353 e. The molecule has 1 fully saturated rings. The maximum Gasteiger partial charge on any atom is 0.254 e. The molecule has 1 saturated carbocycles. The van der Waals surface area contributed by atoms with Gasteiger partial charge in [-0.15, -0.1) is 0 Å². The summed E-state index contributed by atoms with van der Waals surface area (Å²) in [4.78, 5) is 32.7. The van der Waals surface area contributed by atoms with E-state index in [-0.39, 0.29) is 30.4 Å². The molecule has 3 rings (SSSR count). The maximum absolute atomic E-state index is 12.8. The highest BCUT2D eigenvalue weighted by molar-refractivity contribution is 5.94. The van der Waals surface area contributed by atoms with Gasteiger partial charge in [0.2, 0.25) is 11.8 Å². The Morgan fingerprint density at radius 3 is 2.57 bits per heavy atom. The Bertz CT molecular complexity index is 801. The molecule has 150 valence electrons. The molecule has 1 aliphatic rings. The summed E-state index contributed by atoms with van der Waals surface area (Å²) in [6, 6.07) is 9.57. The highest BCUT2D eigenvalue weighted by Gasteiger charge is 2.34. The zero-order chi connectivity index (χ0) is 20.1. The molecule has 1 N–H and O–H groups in total. The van der Waals surface area contributed by atoms with Crippen LogP contribution in [-0.4, -0.2) is 57.4 Å². The first-order valence-electron chi connectivity index (χ1n) is 9.57. The Labute approximate surface area is 164 Å². The van der Waals surface area contributed by atoms with Crippen LogP contribution in [0, 0.1) is 0 Å². The summed E-state index contributed by atoms with van der Waals surface area (Å²) in [5.41, 5.74) is 0.661. The lowest BCUT2D eigenvalue weighted by molar-refractivity contribution is -0.122. The number of hydrogen-bond donors (Lipinski definition) is 1. The first-order valence-corrected chi connectivity index (χ1v) is 9.57. The minimum atomic E-state index is -0.0504. The van der Waals surface area contributed by atoms with Crippen LogP contribution in [0.15, 0.2) is 34.9 Å². The third-order valence-electron chi connectivity index (χ3n) is 4.36. The van der Waals surface area contributed by atoms with Crippen LogP contribution in [0.4, 0.5) is 0 Å². The maximum atomic E-state index is 12.8. The summed E-state index contributed by atoms with van der Waals surface area (Å²) < 4.78 is 5.31. The van der Waals surface area contributed by atoms with E-state index in [1.165, 1.54) is 0 Å². The van der Waals surface area contributed by atoms with Crippen molar-refractivity contribution in [1.29, 1.82) is 0 Å². The molecule has 0 bridgehead atoms.